The van der Waals surface area contributed by atoms with Crippen LogP contribution in [-0.4, -0.2) is 9.55 Å². The molecule has 4 aromatic rings. The van der Waals surface area contributed by atoms with Gasteiger partial charge in [0.05, 0.1) is 18.3 Å². The molecule has 4 rings (SSSR count). The summed E-state index contributed by atoms with van der Waals surface area (Å²) in [5, 5.41) is 1.92. The van der Waals surface area contributed by atoms with Crippen molar-refractivity contribution in [3.8, 4) is 11.1 Å². The molecule has 28 heavy (non-hydrogen) atoms. The number of hydrogen-bond donors (Lipinski definition) is 0. The maximum absolute atomic E-state index is 13.3. The highest BCUT2D eigenvalue weighted by atomic mass is 35.5. The highest BCUT2D eigenvalue weighted by Gasteiger charge is 2.18. The second-order valence-electron chi connectivity index (χ2n) is 6.61. The molecule has 0 saturated carbocycles. The van der Waals surface area contributed by atoms with E-state index < -0.39 is 0 Å². The number of aryl methyl sites for hydroxylation is 2. The fourth-order valence-corrected chi connectivity index (χ4v) is 5.15. The van der Waals surface area contributed by atoms with Gasteiger partial charge >= 0.3 is 0 Å². The van der Waals surface area contributed by atoms with Gasteiger partial charge in [0, 0.05) is 31.1 Å². The van der Waals surface area contributed by atoms with Crippen LogP contribution in [0.3, 0.4) is 0 Å². The number of fused-ring (bicyclic) bond motifs is 1. The second kappa shape index (κ2) is 7.53. The number of hydrogen-bond acceptors (Lipinski definition) is 3. The molecule has 0 N–H and O–H groups in total. The Kier molecular flexibility index (Phi) is 5.23. The third-order valence-corrected chi connectivity index (χ3v) is 6.54. The first kappa shape index (κ1) is 19.5. The average molecular weight is 450 g/mol. The topological polar surface area (TPSA) is 34.9 Å². The lowest BCUT2D eigenvalue weighted by Gasteiger charge is -2.10. The maximum Gasteiger partial charge on any atom is 0.263 e. The molecule has 0 unspecified atom stereocenters. The molecule has 0 radical (unpaired) electrons. The molecule has 2 heterocycles. The normalized spacial score (nSPS) is 11.3. The SMILES string of the molecule is Cc1ccc(-c2c(C)sc3ncn(Cc4c(Cl)cc(Cl)cc4Cl)c(=O)c23)cc1. The van der Waals surface area contributed by atoms with E-state index >= 15 is 0 Å². The van der Waals surface area contributed by atoms with Crippen LogP contribution in [0.4, 0.5) is 0 Å². The summed E-state index contributed by atoms with van der Waals surface area (Å²) in [6.45, 7) is 4.27. The molecule has 142 valence electrons. The zero-order valence-electron chi connectivity index (χ0n) is 15.1. The molecule has 0 bridgehead atoms. The van der Waals surface area contributed by atoms with Crippen molar-refractivity contribution in [2.75, 3.05) is 0 Å². The molecule has 0 aliphatic heterocycles. The van der Waals surface area contributed by atoms with E-state index in [0.29, 0.717) is 26.0 Å². The standard InChI is InChI=1S/C21H15Cl3N2OS/c1-11-3-5-13(6-4-11)18-12(2)28-20-19(18)21(27)26(10-25-20)9-15-16(23)7-14(22)8-17(15)24/h3-8,10H,9H2,1-2H3. The van der Waals surface area contributed by atoms with Gasteiger partial charge in [-0.1, -0.05) is 64.6 Å². The number of thiophene rings is 1. The Morgan fingerprint density at radius 1 is 1.04 bits per heavy atom. The van der Waals surface area contributed by atoms with Crippen LogP contribution in [0.25, 0.3) is 21.3 Å². The molecule has 0 fully saturated rings. The lowest BCUT2D eigenvalue weighted by molar-refractivity contribution is 0.750. The molecule has 0 amide bonds. The van der Waals surface area contributed by atoms with Gasteiger partial charge in [-0.2, -0.15) is 0 Å². The van der Waals surface area contributed by atoms with Crippen molar-refractivity contribution < 1.29 is 0 Å². The summed E-state index contributed by atoms with van der Waals surface area (Å²) < 4.78 is 1.53. The highest BCUT2D eigenvalue weighted by Crippen LogP contribution is 2.36. The fraction of sp³-hybridized carbons (Fsp3) is 0.143. The highest BCUT2D eigenvalue weighted by molar-refractivity contribution is 7.19. The van der Waals surface area contributed by atoms with Crippen molar-refractivity contribution in [1.82, 2.24) is 9.55 Å². The number of rotatable bonds is 3. The van der Waals surface area contributed by atoms with Gasteiger partial charge in [-0.05, 0) is 31.5 Å². The van der Waals surface area contributed by atoms with Crippen LogP contribution in [0.5, 0.6) is 0 Å². The monoisotopic (exact) mass is 448 g/mol. The minimum absolute atomic E-state index is 0.119. The Balaban J connectivity index is 1.89. The van der Waals surface area contributed by atoms with Gasteiger partial charge < -0.3 is 0 Å². The summed E-state index contributed by atoms with van der Waals surface area (Å²) in [5.41, 5.74) is 3.63. The Morgan fingerprint density at radius 2 is 1.68 bits per heavy atom. The summed E-state index contributed by atoms with van der Waals surface area (Å²) in [7, 11) is 0. The van der Waals surface area contributed by atoms with Crippen molar-refractivity contribution in [3.63, 3.8) is 0 Å². The molecule has 0 atom stereocenters. The summed E-state index contributed by atoms with van der Waals surface area (Å²) in [4.78, 5) is 19.6. The first-order valence-electron chi connectivity index (χ1n) is 8.54. The number of nitrogens with zero attached hydrogens (tertiary/aromatic N) is 2. The van der Waals surface area contributed by atoms with Crippen molar-refractivity contribution in [2.45, 2.75) is 20.4 Å². The summed E-state index contributed by atoms with van der Waals surface area (Å²) in [6.07, 6.45) is 1.54. The largest absolute Gasteiger partial charge is 0.294 e. The summed E-state index contributed by atoms with van der Waals surface area (Å²) >= 11 is 20.1. The average Bonchev–Trinajstić information content (AvgIpc) is 2.97. The van der Waals surface area contributed by atoms with Gasteiger partial charge in [-0.3, -0.25) is 9.36 Å². The van der Waals surface area contributed by atoms with Crippen LogP contribution in [0.1, 0.15) is 16.0 Å². The Bertz CT molecular complexity index is 1240. The van der Waals surface area contributed by atoms with Crippen LogP contribution in [-0.2, 0) is 6.54 Å². The van der Waals surface area contributed by atoms with E-state index in [1.165, 1.54) is 21.5 Å². The van der Waals surface area contributed by atoms with E-state index in [0.717, 1.165) is 20.8 Å². The molecular formula is C21H15Cl3N2OS. The second-order valence-corrected chi connectivity index (χ2v) is 9.06. The molecule has 2 aromatic heterocycles. The van der Waals surface area contributed by atoms with E-state index in [9.17, 15) is 4.79 Å². The minimum atomic E-state index is -0.119. The molecule has 0 aliphatic rings. The maximum atomic E-state index is 13.3. The van der Waals surface area contributed by atoms with Gasteiger partial charge in [-0.25, -0.2) is 4.98 Å². The summed E-state index contributed by atoms with van der Waals surface area (Å²) in [6, 6.07) is 11.4. The predicted molar refractivity (Wildman–Crippen MR) is 119 cm³/mol. The third-order valence-electron chi connectivity index (χ3n) is 4.63. The van der Waals surface area contributed by atoms with Crippen molar-refractivity contribution in [2.24, 2.45) is 0 Å². The van der Waals surface area contributed by atoms with Gasteiger partial charge in [0.15, 0.2) is 0 Å². The van der Waals surface area contributed by atoms with Crippen LogP contribution in [0, 0.1) is 13.8 Å². The number of aromatic nitrogens is 2. The van der Waals surface area contributed by atoms with Crippen LogP contribution >= 0.6 is 46.1 Å². The number of halogens is 3. The van der Waals surface area contributed by atoms with E-state index in [1.54, 1.807) is 18.5 Å². The predicted octanol–water partition coefficient (Wildman–Crippen LogP) is 6.75. The van der Waals surface area contributed by atoms with Crippen molar-refractivity contribution in [3.05, 3.63) is 84.2 Å². The minimum Gasteiger partial charge on any atom is -0.294 e. The smallest absolute Gasteiger partial charge is 0.263 e. The third kappa shape index (κ3) is 3.46. The number of benzene rings is 2. The van der Waals surface area contributed by atoms with E-state index in [1.807, 2.05) is 38.1 Å². The van der Waals surface area contributed by atoms with Crippen molar-refractivity contribution >= 4 is 56.4 Å². The van der Waals surface area contributed by atoms with Crippen LogP contribution in [0.2, 0.25) is 15.1 Å². The molecule has 2 aromatic carbocycles. The lowest BCUT2D eigenvalue weighted by Crippen LogP contribution is -2.21. The molecule has 0 spiro atoms. The first-order chi connectivity index (χ1) is 13.3. The molecule has 0 aliphatic carbocycles. The Labute approximate surface area is 181 Å². The van der Waals surface area contributed by atoms with E-state index in [2.05, 4.69) is 4.98 Å². The van der Waals surface area contributed by atoms with Gasteiger partial charge in [0.1, 0.15) is 4.83 Å². The van der Waals surface area contributed by atoms with Gasteiger partial charge in [0.2, 0.25) is 0 Å². The van der Waals surface area contributed by atoms with Gasteiger partial charge in [0.25, 0.3) is 5.56 Å². The Morgan fingerprint density at radius 3 is 2.32 bits per heavy atom. The molecular weight excluding hydrogens is 435 g/mol. The molecule has 3 nitrogen and oxygen atoms in total. The van der Waals surface area contributed by atoms with E-state index in [-0.39, 0.29) is 12.1 Å². The Hall–Kier alpha value is -1.85. The lowest BCUT2D eigenvalue weighted by atomic mass is 10.0. The first-order valence-corrected chi connectivity index (χ1v) is 10.5. The zero-order valence-corrected chi connectivity index (χ0v) is 18.2. The van der Waals surface area contributed by atoms with Crippen LogP contribution in [0.15, 0.2) is 47.5 Å². The van der Waals surface area contributed by atoms with Gasteiger partial charge in [-0.15, -0.1) is 11.3 Å². The van der Waals surface area contributed by atoms with Crippen molar-refractivity contribution in [1.29, 1.82) is 0 Å². The van der Waals surface area contributed by atoms with E-state index in [4.69, 9.17) is 34.8 Å². The fourth-order valence-electron chi connectivity index (χ4n) is 3.21. The summed E-state index contributed by atoms with van der Waals surface area (Å²) in [5.74, 6) is 0. The van der Waals surface area contributed by atoms with Crippen LogP contribution < -0.4 is 5.56 Å². The molecule has 7 heteroatoms. The molecule has 0 saturated heterocycles. The quantitative estimate of drug-likeness (QED) is 0.347. The zero-order chi connectivity index (χ0) is 20.0.